The highest BCUT2D eigenvalue weighted by Crippen LogP contribution is 2.27. The minimum Gasteiger partial charge on any atom is -0.399 e. The van der Waals surface area contributed by atoms with E-state index in [1.54, 1.807) is 7.05 Å². The van der Waals surface area contributed by atoms with Crippen LogP contribution in [0, 0.1) is 0 Å². The minimum absolute atomic E-state index is 0.0588. The first-order chi connectivity index (χ1) is 9.32. The Hall–Kier alpha value is -1.31. The summed E-state index contributed by atoms with van der Waals surface area (Å²) in [5, 5.41) is 0.101. The molecule has 0 spiro atoms. The molecule has 0 radical (unpaired) electrons. The van der Waals surface area contributed by atoms with Gasteiger partial charge in [-0.15, -0.1) is 0 Å². The summed E-state index contributed by atoms with van der Waals surface area (Å²) >= 11 is 5.95. The molecule has 1 amide bonds. The van der Waals surface area contributed by atoms with E-state index < -0.39 is 10.0 Å². The Morgan fingerprint density at radius 3 is 2.70 bits per heavy atom. The summed E-state index contributed by atoms with van der Waals surface area (Å²) in [4.78, 5) is 13.3. The van der Waals surface area contributed by atoms with Crippen molar-refractivity contribution in [2.75, 3.05) is 32.4 Å². The van der Waals surface area contributed by atoms with Gasteiger partial charge < -0.3 is 10.6 Å². The van der Waals surface area contributed by atoms with Crippen LogP contribution in [0.4, 0.5) is 5.69 Å². The highest BCUT2D eigenvalue weighted by Gasteiger charge is 2.31. The first-order valence-electron chi connectivity index (χ1n) is 6.11. The lowest BCUT2D eigenvalue weighted by Crippen LogP contribution is -2.38. The second kappa shape index (κ2) is 5.59. The van der Waals surface area contributed by atoms with E-state index in [4.69, 9.17) is 17.3 Å². The summed E-state index contributed by atoms with van der Waals surface area (Å²) in [5.74, 6) is -0.230. The topological polar surface area (TPSA) is 83.7 Å². The number of anilines is 1. The second-order valence-corrected chi connectivity index (χ2v) is 7.01. The third-order valence-corrected chi connectivity index (χ3v) is 5.54. The third kappa shape index (κ3) is 2.89. The lowest BCUT2D eigenvalue weighted by molar-refractivity contribution is -0.129. The molecule has 0 aliphatic carbocycles. The number of nitrogen functional groups attached to an aromatic ring is 1. The maximum absolute atomic E-state index is 12.6. The maximum Gasteiger partial charge on any atom is 0.245 e. The number of nitrogens with zero attached hydrogens (tertiary/aromatic N) is 2. The maximum atomic E-state index is 12.6. The van der Waals surface area contributed by atoms with E-state index in [-0.39, 0.29) is 28.9 Å². The van der Waals surface area contributed by atoms with Gasteiger partial charge in [-0.25, -0.2) is 8.42 Å². The number of nitrogens with two attached hydrogens (primary N) is 1. The van der Waals surface area contributed by atoms with E-state index in [1.165, 1.54) is 23.1 Å². The SMILES string of the molecule is CN1CCCN(S(=O)(=O)c2cc(N)ccc2Cl)CC1=O. The van der Waals surface area contributed by atoms with E-state index in [1.807, 2.05) is 0 Å². The minimum atomic E-state index is -3.82. The molecule has 6 nitrogen and oxygen atoms in total. The van der Waals surface area contributed by atoms with Crippen LogP contribution < -0.4 is 5.73 Å². The molecule has 2 rings (SSSR count). The number of rotatable bonds is 2. The first kappa shape index (κ1) is 15.1. The number of sulfonamides is 1. The number of hydrogen-bond donors (Lipinski definition) is 1. The van der Waals surface area contributed by atoms with Crippen molar-refractivity contribution in [3.05, 3.63) is 23.2 Å². The average molecular weight is 318 g/mol. The van der Waals surface area contributed by atoms with Gasteiger partial charge in [0.2, 0.25) is 15.9 Å². The highest BCUT2D eigenvalue weighted by atomic mass is 35.5. The van der Waals surface area contributed by atoms with E-state index >= 15 is 0 Å². The Labute approximate surface area is 123 Å². The Bertz CT molecular complexity index is 633. The number of benzene rings is 1. The van der Waals surface area contributed by atoms with Gasteiger partial charge in [0.15, 0.2) is 0 Å². The van der Waals surface area contributed by atoms with E-state index in [9.17, 15) is 13.2 Å². The van der Waals surface area contributed by atoms with Crippen molar-refractivity contribution in [3.8, 4) is 0 Å². The normalized spacial score (nSPS) is 18.1. The predicted molar refractivity (Wildman–Crippen MR) is 76.9 cm³/mol. The molecule has 110 valence electrons. The summed E-state index contributed by atoms with van der Waals surface area (Å²) in [6, 6.07) is 4.29. The fourth-order valence-corrected chi connectivity index (χ4v) is 3.96. The number of halogens is 1. The zero-order valence-corrected chi connectivity index (χ0v) is 12.6. The molecule has 0 bridgehead atoms. The van der Waals surface area contributed by atoms with Crippen molar-refractivity contribution in [1.82, 2.24) is 9.21 Å². The second-order valence-electron chi connectivity index (χ2n) is 4.70. The molecular weight excluding hydrogens is 302 g/mol. The Balaban J connectivity index is 2.39. The molecule has 2 N–H and O–H groups in total. The molecule has 1 saturated heterocycles. The number of likely N-dealkylation sites (N-methyl/N-ethyl adjacent to an activating group) is 1. The molecule has 0 unspecified atom stereocenters. The molecule has 20 heavy (non-hydrogen) atoms. The van der Waals surface area contributed by atoms with Crippen LogP contribution in [-0.2, 0) is 14.8 Å². The van der Waals surface area contributed by atoms with Gasteiger partial charge in [-0.1, -0.05) is 11.6 Å². The lowest BCUT2D eigenvalue weighted by atomic mass is 10.3. The van der Waals surface area contributed by atoms with Crippen LogP contribution in [0.1, 0.15) is 6.42 Å². The smallest absolute Gasteiger partial charge is 0.245 e. The first-order valence-corrected chi connectivity index (χ1v) is 7.93. The zero-order valence-electron chi connectivity index (χ0n) is 11.0. The average Bonchev–Trinajstić information content (AvgIpc) is 2.55. The summed E-state index contributed by atoms with van der Waals surface area (Å²) in [7, 11) is -2.16. The van der Waals surface area contributed by atoms with Crippen molar-refractivity contribution in [1.29, 1.82) is 0 Å². The summed E-state index contributed by atoms with van der Waals surface area (Å²) in [6.45, 7) is 0.642. The van der Waals surface area contributed by atoms with Crippen molar-refractivity contribution in [2.45, 2.75) is 11.3 Å². The number of hydrogen-bond acceptors (Lipinski definition) is 4. The van der Waals surface area contributed by atoms with E-state index in [0.717, 1.165) is 4.31 Å². The Morgan fingerprint density at radius 1 is 1.30 bits per heavy atom. The van der Waals surface area contributed by atoms with Gasteiger partial charge in [-0.2, -0.15) is 4.31 Å². The molecule has 1 fully saturated rings. The molecule has 1 aromatic rings. The molecule has 1 aliphatic heterocycles. The predicted octanol–water partition coefficient (Wildman–Crippen LogP) is 0.775. The van der Waals surface area contributed by atoms with E-state index in [0.29, 0.717) is 18.7 Å². The molecule has 8 heteroatoms. The Kier molecular flexibility index (Phi) is 4.22. The van der Waals surface area contributed by atoms with Gasteiger partial charge in [0.25, 0.3) is 0 Å². The number of carbonyl (C=O) groups is 1. The quantitative estimate of drug-likeness (QED) is 0.817. The fraction of sp³-hybridized carbons (Fsp3) is 0.417. The van der Waals surface area contributed by atoms with Gasteiger partial charge >= 0.3 is 0 Å². The van der Waals surface area contributed by atoms with E-state index in [2.05, 4.69) is 0 Å². The molecule has 1 heterocycles. The fourth-order valence-electron chi connectivity index (χ4n) is 2.02. The van der Waals surface area contributed by atoms with Crippen LogP contribution in [-0.4, -0.2) is 50.2 Å². The summed E-state index contributed by atoms with van der Waals surface area (Å²) in [6.07, 6.45) is 0.585. The molecule has 0 atom stereocenters. The van der Waals surface area contributed by atoms with Crippen LogP contribution in [0.15, 0.2) is 23.1 Å². The molecule has 0 aromatic heterocycles. The number of amides is 1. The van der Waals surface area contributed by atoms with Crippen LogP contribution in [0.25, 0.3) is 0 Å². The zero-order chi connectivity index (χ0) is 14.9. The lowest BCUT2D eigenvalue weighted by Gasteiger charge is -2.20. The van der Waals surface area contributed by atoms with Crippen LogP contribution in [0.3, 0.4) is 0 Å². The summed E-state index contributed by atoms with van der Waals surface area (Å²) in [5.41, 5.74) is 5.93. The van der Waals surface area contributed by atoms with Crippen molar-refractivity contribution in [2.24, 2.45) is 0 Å². The van der Waals surface area contributed by atoms with Gasteiger partial charge in [0.05, 0.1) is 11.6 Å². The summed E-state index contributed by atoms with van der Waals surface area (Å²) < 4.78 is 26.3. The van der Waals surface area contributed by atoms with Crippen LogP contribution >= 0.6 is 11.6 Å². The van der Waals surface area contributed by atoms with Gasteiger partial charge in [-0.3, -0.25) is 4.79 Å². The van der Waals surface area contributed by atoms with Crippen LogP contribution in [0.5, 0.6) is 0 Å². The van der Waals surface area contributed by atoms with Crippen molar-refractivity contribution < 1.29 is 13.2 Å². The van der Waals surface area contributed by atoms with Crippen molar-refractivity contribution in [3.63, 3.8) is 0 Å². The molecule has 1 aromatic carbocycles. The van der Waals surface area contributed by atoms with Gasteiger partial charge in [-0.05, 0) is 24.6 Å². The Morgan fingerprint density at radius 2 is 2.00 bits per heavy atom. The van der Waals surface area contributed by atoms with Crippen molar-refractivity contribution >= 4 is 33.2 Å². The van der Waals surface area contributed by atoms with Crippen LogP contribution in [0.2, 0.25) is 5.02 Å². The van der Waals surface area contributed by atoms with Gasteiger partial charge in [0.1, 0.15) is 4.90 Å². The highest BCUT2D eigenvalue weighted by molar-refractivity contribution is 7.89. The standard InChI is InChI=1S/C12H16ClN3O3S/c1-15-5-2-6-16(8-12(15)17)20(18,19)11-7-9(14)3-4-10(11)13/h3-4,7H,2,5-6,8,14H2,1H3. The molecule has 1 aliphatic rings. The largest absolute Gasteiger partial charge is 0.399 e. The monoisotopic (exact) mass is 317 g/mol. The number of carbonyl (C=O) groups excluding carboxylic acids is 1. The molecular formula is C12H16ClN3O3S. The molecule has 0 saturated carbocycles. The van der Waals surface area contributed by atoms with Gasteiger partial charge in [0, 0.05) is 25.8 Å². The third-order valence-electron chi connectivity index (χ3n) is 3.21.